The van der Waals surface area contributed by atoms with Gasteiger partial charge in [-0.1, -0.05) is 60.7 Å². The number of aliphatic hydroxyl groups is 2. The molecule has 0 saturated heterocycles. The second-order valence-corrected chi connectivity index (χ2v) is 8.25. The van der Waals surface area contributed by atoms with E-state index >= 15 is 0 Å². The molecule has 0 aromatic heterocycles. The third kappa shape index (κ3) is 5.03. The average molecular weight is 480 g/mol. The Morgan fingerprint density at radius 2 is 1.60 bits per heavy atom. The van der Waals surface area contributed by atoms with Gasteiger partial charge < -0.3 is 25.0 Å². The topological polar surface area (TPSA) is 105 Å². The first kappa shape index (κ1) is 24.4. The van der Waals surface area contributed by atoms with Crippen LogP contribution >= 0.6 is 0 Å². The number of methoxy groups -OCH3 is 1. The number of halogens is 1. The zero-order chi connectivity index (χ0) is 24.9. The number of rotatable bonds is 8. The predicted octanol–water partition coefficient (Wildman–Crippen LogP) is 3.94. The number of esters is 1. The molecule has 1 amide bonds. The van der Waals surface area contributed by atoms with Gasteiger partial charge in [-0.15, -0.1) is 0 Å². The highest BCUT2D eigenvalue weighted by Gasteiger charge is 2.29. The third-order valence-electron chi connectivity index (χ3n) is 6.17. The van der Waals surface area contributed by atoms with Gasteiger partial charge in [-0.25, -0.2) is 14.0 Å². The van der Waals surface area contributed by atoms with Gasteiger partial charge >= 0.3 is 12.1 Å². The van der Waals surface area contributed by atoms with Gasteiger partial charge in [0, 0.05) is 18.0 Å². The summed E-state index contributed by atoms with van der Waals surface area (Å²) >= 11 is 0. The van der Waals surface area contributed by atoms with Crippen molar-refractivity contribution in [3.8, 4) is 11.1 Å². The van der Waals surface area contributed by atoms with Crippen LogP contribution in [0.4, 0.5) is 9.18 Å². The Kier molecular flexibility index (Phi) is 7.43. The van der Waals surface area contributed by atoms with Crippen LogP contribution in [-0.4, -0.2) is 48.6 Å². The van der Waals surface area contributed by atoms with Crippen molar-refractivity contribution in [2.24, 2.45) is 0 Å². The minimum atomic E-state index is -1.59. The fourth-order valence-electron chi connectivity index (χ4n) is 4.38. The monoisotopic (exact) mass is 479 g/mol. The number of aliphatic hydroxyl groups excluding tert-OH is 2. The number of fused-ring (bicyclic) bond motifs is 3. The Labute approximate surface area is 202 Å². The van der Waals surface area contributed by atoms with Gasteiger partial charge in [0.05, 0.1) is 18.8 Å². The van der Waals surface area contributed by atoms with Gasteiger partial charge in [-0.2, -0.15) is 0 Å². The standard InChI is InChI=1S/C27H26FNO6/c1-34-26(32)21-12-6-11-20(24(21)28)25(31)23(30)13-14-29-27(33)35-15-22-18-9-4-2-7-16(18)17-8-3-5-10-19(17)22/h2-12,22-23,25,30-31H,13-15H2,1H3,(H,29,33). The molecule has 4 rings (SSSR count). The molecular formula is C27H26FNO6. The molecule has 1 aliphatic rings. The number of hydrogen-bond donors (Lipinski definition) is 3. The summed E-state index contributed by atoms with van der Waals surface area (Å²) in [4.78, 5) is 23.9. The SMILES string of the molecule is COC(=O)c1cccc(C(O)C(O)CCNC(=O)OCC2c3ccccc3-c3ccccc32)c1F. The average Bonchev–Trinajstić information content (AvgIpc) is 3.20. The highest BCUT2D eigenvalue weighted by atomic mass is 19.1. The van der Waals surface area contributed by atoms with E-state index in [1.165, 1.54) is 18.2 Å². The van der Waals surface area contributed by atoms with Crippen molar-refractivity contribution in [1.82, 2.24) is 5.32 Å². The van der Waals surface area contributed by atoms with Gasteiger partial charge in [0.1, 0.15) is 18.5 Å². The molecule has 1 aliphatic carbocycles. The van der Waals surface area contributed by atoms with Crippen molar-refractivity contribution >= 4 is 12.1 Å². The van der Waals surface area contributed by atoms with Crippen LogP contribution in [0.25, 0.3) is 11.1 Å². The van der Waals surface area contributed by atoms with Crippen LogP contribution in [0.15, 0.2) is 66.7 Å². The van der Waals surface area contributed by atoms with Crippen molar-refractivity contribution < 1.29 is 33.7 Å². The van der Waals surface area contributed by atoms with Crippen molar-refractivity contribution in [2.75, 3.05) is 20.3 Å². The number of amides is 1. The molecule has 0 radical (unpaired) electrons. The Balaban J connectivity index is 1.30. The van der Waals surface area contributed by atoms with E-state index in [-0.39, 0.29) is 36.6 Å². The Hall–Kier alpha value is -3.75. The lowest BCUT2D eigenvalue weighted by molar-refractivity contribution is 0.0114. The molecule has 2 unspecified atom stereocenters. The van der Waals surface area contributed by atoms with Crippen LogP contribution in [0.2, 0.25) is 0 Å². The molecule has 35 heavy (non-hydrogen) atoms. The molecule has 0 saturated carbocycles. The molecule has 3 aromatic rings. The minimum Gasteiger partial charge on any atom is -0.465 e. The molecule has 0 aliphatic heterocycles. The maximum atomic E-state index is 14.6. The minimum absolute atomic E-state index is 0.00673. The second-order valence-electron chi connectivity index (χ2n) is 8.25. The number of carbonyl (C=O) groups is 2. The van der Waals surface area contributed by atoms with Crippen molar-refractivity contribution in [3.05, 3.63) is 94.8 Å². The molecule has 3 N–H and O–H groups in total. The number of benzene rings is 3. The van der Waals surface area contributed by atoms with Gasteiger partial charge in [0.2, 0.25) is 0 Å². The zero-order valence-electron chi connectivity index (χ0n) is 19.1. The molecule has 0 bridgehead atoms. The fourth-order valence-corrected chi connectivity index (χ4v) is 4.38. The van der Waals surface area contributed by atoms with E-state index in [0.717, 1.165) is 29.4 Å². The first-order valence-corrected chi connectivity index (χ1v) is 11.2. The van der Waals surface area contributed by atoms with E-state index in [4.69, 9.17) is 4.74 Å². The normalized spacial score (nSPS) is 13.9. The second kappa shape index (κ2) is 10.7. The van der Waals surface area contributed by atoms with E-state index in [2.05, 4.69) is 10.1 Å². The summed E-state index contributed by atoms with van der Waals surface area (Å²) in [5.41, 5.74) is 3.86. The highest BCUT2D eigenvalue weighted by molar-refractivity contribution is 5.89. The highest BCUT2D eigenvalue weighted by Crippen LogP contribution is 2.44. The molecule has 0 heterocycles. The Morgan fingerprint density at radius 3 is 2.23 bits per heavy atom. The van der Waals surface area contributed by atoms with E-state index in [1.54, 1.807) is 0 Å². The molecule has 8 heteroatoms. The zero-order valence-corrected chi connectivity index (χ0v) is 19.1. The van der Waals surface area contributed by atoms with Crippen molar-refractivity contribution in [3.63, 3.8) is 0 Å². The van der Waals surface area contributed by atoms with Crippen LogP contribution in [0, 0.1) is 5.82 Å². The first-order valence-electron chi connectivity index (χ1n) is 11.2. The van der Waals surface area contributed by atoms with Crippen LogP contribution in [0.5, 0.6) is 0 Å². The molecule has 0 fully saturated rings. The number of hydrogen-bond acceptors (Lipinski definition) is 6. The van der Waals surface area contributed by atoms with Gasteiger partial charge in [0.25, 0.3) is 0 Å². The maximum absolute atomic E-state index is 14.6. The lowest BCUT2D eigenvalue weighted by Crippen LogP contribution is -2.31. The molecule has 7 nitrogen and oxygen atoms in total. The van der Waals surface area contributed by atoms with E-state index in [1.807, 2.05) is 48.5 Å². The van der Waals surface area contributed by atoms with Gasteiger partial charge in [-0.05, 0) is 34.7 Å². The summed E-state index contributed by atoms with van der Waals surface area (Å²) in [6, 6.07) is 19.9. The van der Waals surface area contributed by atoms with Crippen molar-refractivity contribution in [1.29, 1.82) is 0 Å². The lowest BCUT2D eigenvalue weighted by Gasteiger charge is -2.20. The van der Waals surface area contributed by atoms with Gasteiger partial charge in [0.15, 0.2) is 0 Å². The third-order valence-corrected chi connectivity index (χ3v) is 6.17. The summed E-state index contributed by atoms with van der Waals surface area (Å²) in [5.74, 6) is -1.93. The number of alkyl carbamates (subject to hydrolysis) is 1. The van der Waals surface area contributed by atoms with Crippen LogP contribution < -0.4 is 5.32 Å². The summed E-state index contributed by atoms with van der Waals surface area (Å²) in [6.07, 6.45) is -3.70. The molecular weight excluding hydrogens is 453 g/mol. The van der Waals surface area contributed by atoms with E-state index < -0.39 is 30.1 Å². The molecule has 182 valence electrons. The van der Waals surface area contributed by atoms with Crippen LogP contribution in [0.1, 0.15) is 45.5 Å². The Morgan fingerprint density at radius 1 is 0.971 bits per heavy atom. The fraction of sp³-hybridized carbons (Fsp3) is 0.259. The molecule has 3 aromatic carbocycles. The van der Waals surface area contributed by atoms with E-state index in [0.29, 0.717) is 0 Å². The van der Waals surface area contributed by atoms with Crippen LogP contribution in [-0.2, 0) is 9.47 Å². The van der Waals surface area contributed by atoms with Crippen LogP contribution in [0.3, 0.4) is 0 Å². The quantitative estimate of drug-likeness (QED) is 0.423. The predicted molar refractivity (Wildman–Crippen MR) is 126 cm³/mol. The molecule has 0 spiro atoms. The first-order chi connectivity index (χ1) is 16.9. The largest absolute Gasteiger partial charge is 0.465 e. The lowest BCUT2D eigenvalue weighted by atomic mass is 9.98. The summed E-state index contributed by atoms with van der Waals surface area (Å²) in [5, 5.41) is 23.2. The summed E-state index contributed by atoms with van der Waals surface area (Å²) in [6.45, 7) is 0.143. The number of nitrogens with one attached hydrogen (secondary N) is 1. The maximum Gasteiger partial charge on any atom is 0.407 e. The summed E-state index contributed by atoms with van der Waals surface area (Å²) < 4.78 is 24.5. The van der Waals surface area contributed by atoms with E-state index in [9.17, 15) is 24.2 Å². The van der Waals surface area contributed by atoms with Gasteiger partial charge in [-0.3, -0.25) is 0 Å². The molecule has 2 atom stereocenters. The smallest absolute Gasteiger partial charge is 0.407 e. The van der Waals surface area contributed by atoms with Crippen molar-refractivity contribution in [2.45, 2.75) is 24.5 Å². The Bertz CT molecular complexity index is 1180. The number of ether oxygens (including phenoxy) is 2. The summed E-state index contributed by atoms with van der Waals surface area (Å²) in [7, 11) is 1.12. The number of carbonyl (C=O) groups excluding carboxylic acids is 2.